The van der Waals surface area contributed by atoms with Gasteiger partial charge in [-0.25, -0.2) is 9.59 Å². The van der Waals surface area contributed by atoms with Gasteiger partial charge in [-0.3, -0.25) is 0 Å². The highest BCUT2D eigenvalue weighted by molar-refractivity contribution is 9.09. The van der Waals surface area contributed by atoms with E-state index in [0.29, 0.717) is 22.9 Å². The second-order valence-corrected chi connectivity index (χ2v) is 6.58. The van der Waals surface area contributed by atoms with Crippen molar-refractivity contribution < 1.29 is 51.5 Å². The quantitative estimate of drug-likeness (QED) is 0.152. The minimum absolute atomic E-state index is 0. The van der Waals surface area contributed by atoms with Crippen molar-refractivity contribution in [2.45, 2.75) is 0 Å². The molecule has 0 saturated heterocycles. The number of nitrogens with zero attached hydrogens (tertiary/aromatic N) is 2. The van der Waals surface area contributed by atoms with Crippen LogP contribution in [0.25, 0.3) is 0 Å². The molecule has 0 radical (unpaired) electrons. The molecule has 0 bridgehead atoms. The fourth-order valence-corrected chi connectivity index (χ4v) is 1.43. The average Bonchev–Trinajstić information content (AvgIpc) is 2.46. The van der Waals surface area contributed by atoms with Crippen LogP contribution in [0.5, 0.6) is 0 Å². The van der Waals surface area contributed by atoms with Crippen LogP contribution in [0.2, 0.25) is 0 Å². The number of carboxylic acids is 2. The number of aliphatic hydroxyl groups is 2. The van der Waals surface area contributed by atoms with Gasteiger partial charge < -0.3 is 46.8 Å². The molecule has 0 aliphatic carbocycles. The van der Waals surface area contributed by atoms with E-state index in [1.54, 1.807) is 0 Å². The summed E-state index contributed by atoms with van der Waals surface area (Å²) in [7, 11) is 7.56. The van der Waals surface area contributed by atoms with Crippen molar-refractivity contribution in [2.75, 3.05) is 66.4 Å². The number of rotatable bonds is 9. The normalized spacial score (nSPS) is 9.69. The number of hydrogen-bond donors (Lipinski definition) is 4. The highest BCUT2D eigenvalue weighted by Gasteiger charge is 2.18. The Labute approximate surface area is 174 Å². The third-order valence-corrected chi connectivity index (χ3v) is 3.31. The van der Waals surface area contributed by atoms with Crippen LogP contribution in [0.3, 0.4) is 0 Å². The van der Waals surface area contributed by atoms with Gasteiger partial charge in [0.25, 0.3) is 0 Å². The number of aliphatic hydroxyl groups excluding tert-OH is 2. The fraction of sp³-hybridized carbons (Fsp3) is 0.625. The van der Waals surface area contributed by atoms with Gasteiger partial charge >= 0.3 is 11.9 Å². The predicted octanol–water partition coefficient (Wildman–Crippen LogP) is -2.74. The molecular formula is C16H32Br2N2O6. The maximum atomic E-state index is 10.4. The van der Waals surface area contributed by atoms with Crippen LogP contribution in [0.1, 0.15) is 0 Å². The Morgan fingerprint density at radius 3 is 1.58 bits per heavy atom. The standard InChI is InChI=1S/C8H15NO3.C4H5BrO2.C4H11NO.BrH/c1-7(8(11)12)6-9(2,3)4-5-10;1-3(2-5)4(6)7;1-5(2)3-4-6;/h10H,1,4-6H2,2-3H3;1-2H2,(H,6,7);6H,3-4H2,1-2H3;1H. The lowest BCUT2D eigenvalue weighted by Crippen LogP contribution is -3.00. The van der Waals surface area contributed by atoms with Crippen molar-refractivity contribution in [3.8, 4) is 0 Å². The number of alkyl halides is 1. The predicted molar refractivity (Wildman–Crippen MR) is 102 cm³/mol. The SMILES string of the molecule is C=C(CBr)C(=O)O.C=C(C[N+](C)(C)CCO)C(=O)O.CN(C)CCO.[Br-]. The van der Waals surface area contributed by atoms with Gasteiger partial charge in [-0.15, -0.1) is 0 Å². The summed E-state index contributed by atoms with van der Waals surface area (Å²) in [4.78, 5) is 22.1. The van der Waals surface area contributed by atoms with E-state index in [2.05, 4.69) is 29.1 Å². The zero-order valence-corrected chi connectivity index (χ0v) is 19.1. The molecule has 0 atom stereocenters. The van der Waals surface area contributed by atoms with E-state index in [9.17, 15) is 9.59 Å². The van der Waals surface area contributed by atoms with Crippen LogP contribution in [0.4, 0.5) is 0 Å². The lowest BCUT2D eigenvalue weighted by molar-refractivity contribution is -0.885. The lowest BCUT2D eigenvalue weighted by Gasteiger charge is -2.28. The van der Waals surface area contributed by atoms with Crippen LogP contribution in [0, 0.1) is 0 Å². The van der Waals surface area contributed by atoms with E-state index in [0.717, 1.165) is 6.54 Å². The molecule has 0 saturated carbocycles. The van der Waals surface area contributed by atoms with E-state index in [1.165, 1.54) is 0 Å². The highest BCUT2D eigenvalue weighted by atomic mass is 79.9. The minimum Gasteiger partial charge on any atom is -1.00 e. The maximum absolute atomic E-state index is 10.4. The van der Waals surface area contributed by atoms with Gasteiger partial charge in [0.05, 0.1) is 32.9 Å². The van der Waals surface area contributed by atoms with Crippen LogP contribution in [-0.4, -0.2) is 108 Å². The summed E-state index contributed by atoms with van der Waals surface area (Å²) < 4.78 is 0.446. The van der Waals surface area contributed by atoms with E-state index >= 15 is 0 Å². The monoisotopic (exact) mass is 506 g/mol. The number of hydrogen-bond acceptors (Lipinski definition) is 5. The molecule has 4 N–H and O–H groups in total. The van der Waals surface area contributed by atoms with Gasteiger partial charge in [0.15, 0.2) is 0 Å². The summed E-state index contributed by atoms with van der Waals surface area (Å²) in [6, 6.07) is 0. The van der Waals surface area contributed by atoms with Crippen LogP contribution >= 0.6 is 15.9 Å². The third-order valence-electron chi connectivity index (χ3n) is 2.64. The topological polar surface area (TPSA) is 118 Å². The molecule has 0 unspecified atom stereocenters. The molecule has 0 amide bonds. The summed E-state index contributed by atoms with van der Waals surface area (Å²) >= 11 is 2.93. The molecular weight excluding hydrogens is 476 g/mol. The zero-order chi connectivity index (χ0) is 20.6. The number of quaternary nitrogens is 1. The molecule has 0 aromatic rings. The van der Waals surface area contributed by atoms with E-state index in [-0.39, 0.29) is 41.3 Å². The van der Waals surface area contributed by atoms with Crippen molar-refractivity contribution in [1.82, 2.24) is 4.90 Å². The molecule has 0 aliphatic heterocycles. The maximum Gasteiger partial charge on any atom is 0.336 e. The molecule has 0 fully saturated rings. The van der Waals surface area contributed by atoms with Crippen molar-refractivity contribution in [2.24, 2.45) is 0 Å². The van der Waals surface area contributed by atoms with Crippen molar-refractivity contribution >= 4 is 27.9 Å². The van der Waals surface area contributed by atoms with Gasteiger partial charge in [-0.05, 0) is 14.1 Å². The summed E-state index contributed by atoms with van der Waals surface area (Å²) in [5.41, 5.74) is 0.355. The fourth-order valence-electron chi connectivity index (χ4n) is 1.19. The molecule has 0 heterocycles. The van der Waals surface area contributed by atoms with E-state index in [1.807, 2.05) is 33.1 Å². The number of carboxylic acid groups (broad SMARTS) is 2. The molecule has 0 aliphatic rings. The van der Waals surface area contributed by atoms with Gasteiger partial charge in [0, 0.05) is 17.4 Å². The molecule has 0 aromatic carbocycles. The first-order chi connectivity index (χ1) is 11.3. The first-order valence-corrected chi connectivity index (χ1v) is 8.53. The molecule has 156 valence electrons. The molecule has 0 spiro atoms. The van der Waals surface area contributed by atoms with Gasteiger partial charge in [-0.1, -0.05) is 29.1 Å². The molecule has 0 aromatic heterocycles. The number of aliphatic carboxylic acids is 2. The Balaban J connectivity index is -0.000000149. The summed E-state index contributed by atoms with van der Waals surface area (Å²) in [6.45, 7) is 8.62. The molecule has 0 rings (SSSR count). The molecule has 8 nitrogen and oxygen atoms in total. The van der Waals surface area contributed by atoms with E-state index < -0.39 is 11.9 Å². The number of carbonyl (C=O) groups is 2. The van der Waals surface area contributed by atoms with Gasteiger partial charge in [0.1, 0.15) is 13.1 Å². The van der Waals surface area contributed by atoms with Crippen LogP contribution in [0.15, 0.2) is 24.3 Å². The van der Waals surface area contributed by atoms with Crippen molar-refractivity contribution in [1.29, 1.82) is 0 Å². The van der Waals surface area contributed by atoms with Crippen molar-refractivity contribution in [3.63, 3.8) is 0 Å². The highest BCUT2D eigenvalue weighted by Crippen LogP contribution is 2.02. The Morgan fingerprint density at radius 2 is 1.42 bits per heavy atom. The van der Waals surface area contributed by atoms with Crippen LogP contribution in [-0.2, 0) is 9.59 Å². The van der Waals surface area contributed by atoms with Crippen LogP contribution < -0.4 is 17.0 Å². The van der Waals surface area contributed by atoms with E-state index in [4.69, 9.17) is 20.4 Å². The van der Waals surface area contributed by atoms with Crippen molar-refractivity contribution in [3.05, 3.63) is 24.3 Å². The number of likely N-dealkylation sites (N-methyl/N-ethyl adjacent to an activating group) is 2. The first kappa shape index (κ1) is 32.9. The first-order valence-electron chi connectivity index (χ1n) is 7.41. The minimum atomic E-state index is -0.973. The van der Waals surface area contributed by atoms with Gasteiger partial charge in [0.2, 0.25) is 0 Å². The Bertz CT molecular complexity index is 429. The molecule has 26 heavy (non-hydrogen) atoms. The van der Waals surface area contributed by atoms with Gasteiger partial charge in [-0.2, -0.15) is 0 Å². The summed E-state index contributed by atoms with van der Waals surface area (Å²) in [6.07, 6.45) is 0. The Hall–Kier alpha value is -0.780. The Kier molecular flexibility index (Phi) is 24.0. The average molecular weight is 508 g/mol. The summed E-state index contributed by atoms with van der Waals surface area (Å²) in [5, 5.41) is 33.8. The largest absolute Gasteiger partial charge is 1.00 e. The number of halogens is 2. The Morgan fingerprint density at radius 1 is 1.00 bits per heavy atom. The third kappa shape index (κ3) is 25.5. The second kappa shape index (κ2) is 19.0. The smallest absolute Gasteiger partial charge is 0.336 e. The molecule has 10 heteroatoms. The second-order valence-electron chi connectivity index (χ2n) is 6.02. The summed E-state index contributed by atoms with van der Waals surface area (Å²) in [5.74, 6) is -1.92. The lowest BCUT2D eigenvalue weighted by atomic mass is 10.2. The zero-order valence-electron chi connectivity index (χ0n) is 15.9.